The number of phenolic OH excluding ortho intramolecular Hbond substituents is 1. The number of amides is 16. The number of carboxylic acids is 1. The van der Waals surface area contributed by atoms with Crippen molar-refractivity contribution in [3.05, 3.63) is 162 Å². The van der Waals surface area contributed by atoms with Crippen molar-refractivity contribution in [1.29, 1.82) is 21.6 Å². The Balaban J connectivity index is 1.32. The highest BCUT2D eigenvalue weighted by molar-refractivity contribution is 8.76. The van der Waals surface area contributed by atoms with E-state index >= 15 is 52.7 Å². The molecule has 0 bridgehead atoms. The Morgan fingerprint density at radius 3 is 1.38 bits per heavy atom. The van der Waals surface area contributed by atoms with Gasteiger partial charge in [0, 0.05) is 82.9 Å². The molecule has 8 rings (SSSR count). The lowest BCUT2D eigenvalue weighted by molar-refractivity contribution is -0.146. The number of aliphatic hydroxyl groups is 1. The number of guanidine groups is 4. The number of primary amides is 1. The van der Waals surface area contributed by atoms with Gasteiger partial charge >= 0.3 is 5.97 Å². The Hall–Kier alpha value is -15.4. The Morgan fingerprint density at radius 1 is 0.450 bits per heavy atom. The van der Waals surface area contributed by atoms with Gasteiger partial charge in [0.1, 0.15) is 96.4 Å². The highest BCUT2D eigenvalue weighted by Crippen LogP contribution is 2.36. The van der Waals surface area contributed by atoms with Crippen molar-refractivity contribution in [2.24, 2.45) is 40.5 Å². The smallest absolute Gasteiger partial charge is 0.305 e. The zero-order valence-corrected chi connectivity index (χ0v) is 85.4. The van der Waals surface area contributed by atoms with Gasteiger partial charge in [-0.25, -0.2) is 0 Å². The van der Waals surface area contributed by atoms with Crippen LogP contribution in [-0.2, 0) is 101 Å². The van der Waals surface area contributed by atoms with E-state index in [1.54, 1.807) is 98.8 Å². The largest absolute Gasteiger partial charge is 0.508 e. The average molecular weight is 2110 g/mol. The lowest BCUT2D eigenvalue weighted by Gasteiger charge is -2.33. The first-order valence-electron chi connectivity index (χ1n) is 49.2. The van der Waals surface area contributed by atoms with Crippen LogP contribution in [0.25, 0.3) is 11.1 Å². The van der Waals surface area contributed by atoms with Crippen molar-refractivity contribution in [3.63, 3.8) is 0 Å². The number of nitrogens with two attached hydrogens (primary N) is 5. The first-order valence-corrected chi connectivity index (χ1v) is 51.7. The van der Waals surface area contributed by atoms with Gasteiger partial charge in [-0.1, -0.05) is 183 Å². The van der Waals surface area contributed by atoms with Gasteiger partial charge in [0.05, 0.1) is 13.0 Å². The molecule has 16 amide bonds. The highest BCUT2D eigenvalue weighted by Gasteiger charge is 2.48. The molecule has 0 saturated carbocycles. The molecule has 3 saturated heterocycles. The Kier molecular flexibility index (Phi) is 47.9. The molecule has 3 aliphatic rings. The number of hydrogen-bond donors (Lipinski definition) is 29. The molecule has 5 aromatic rings. The molecule has 0 spiro atoms. The second-order valence-electron chi connectivity index (χ2n) is 36.9. The number of phenols is 1. The fourth-order valence-corrected chi connectivity index (χ4v) is 19.5. The van der Waals surface area contributed by atoms with Gasteiger partial charge in [0.2, 0.25) is 94.5 Å². The molecule has 0 aromatic heterocycles. The third-order valence-corrected chi connectivity index (χ3v) is 27.7. The fraction of sp³-hybridized carbons (Fsp3) is 0.485. The quantitative estimate of drug-likeness (QED) is 0.00799. The zero-order chi connectivity index (χ0) is 109. The summed E-state index contributed by atoms with van der Waals surface area (Å²) in [5, 5.41) is 108. The summed E-state index contributed by atoms with van der Waals surface area (Å²) in [5.41, 5.74) is 31.5. The highest BCUT2D eigenvalue weighted by atomic mass is 33.1. The first-order chi connectivity index (χ1) is 71.0. The number of carbonyl (C=O) groups is 17. The Bertz CT molecular complexity index is 5470. The molecule has 34 N–H and O–H groups in total. The van der Waals surface area contributed by atoms with Crippen molar-refractivity contribution in [2.45, 2.75) is 234 Å². The number of hydrogen-bond acceptors (Lipinski definition) is 25. The summed E-state index contributed by atoms with van der Waals surface area (Å²) in [7, 11) is 1.60. The van der Waals surface area contributed by atoms with Crippen LogP contribution in [0.3, 0.4) is 0 Å². The van der Waals surface area contributed by atoms with E-state index in [4.69, 9.17) is 50.3 Å². The second-order valence-corrected chi connectivity index (χ2v) is 39.5. The first kappa shape index (κ1) is 119. The van der Waals surface area contributed by atoms with Crippen LogP contribution < -0.4 is 119 Å². The number of rotatable bonds is 40. The summed E-state index contributed by atoms with van der Waals surface area (Å²) in [6, 6.07) is 13.4. The monoisotopic (exact) mass is 2110 g/mol. The molecule has 17 atom stereocenters. The van der Waals surface area contributed by atoms with Gasteiger partial charge in [-0.15, -0.1) is 0 Å². The standard InChI is InChI=1S/C99H140N28O20S2/c1-6-55(4)79-92(144)121-73(51-128)88(140)118-69(49-59-34-38-63(130)39-35-59)86(138)120-72(50-77(131)132)94(146)126-45-20-31-76(126)90(142)124-78(54(2)3)91(143)122-74(89(141)116-67(29-18-43-111-98(105)106)83(135)114-65(81(100)133)27-16-41-109-96(101)102)52-148-149-53-75(123-84(136)68(30-19-44-112-99(107)108)115-82(134)66(113-56(5)129)28-17-42-110-97(103)104)95(147)127-46-40-64(62-25-14-9-15-26-62)80(127)93(145)119-70(47-57-21-10-7-11-22-57)85(137)117-71(87(139)125-79)48-58-32-36-61(37-33-58)60-23-12-8-13-24-60/h7-15,21-26,32-39,54-55,64-76,78-80,128,130H,6,16-20,27-31,40-53H2,1-5H3,(H2,100,133)(H,113,129)(H,114,135)(H,115,134)(H,116,141)(H,117,137)(H,118,140)(H,119,145)(H,120,138)(H,121,144)(H,122,143)(H,123,136)(H,124,142)(H,125,139)(H,131,132)(H4,101,102,109)(H4,103,104,110)(H4,105,106,111)(H4,107,108,112)/t55-,64+,65-,66-,67-,68-,69-,70-,71-,72-,73-,74-,75-,76-,78-,79-,80-/m0/s1. The SMILES string of the molecule is CC[C@H](C)[C@@H]1NC(=O)[C@H](Cc2ccc(-c3ccccc3)cc2)NC(=O)[C@H](Cc2ccccc2)NC(=O)[C@@H]2[C@@H](c3ccccc3)CCN2C(=O)[C@@H](NC(=O)[C@H](CCCNC(=N)N)NC(=O)[C@H](CCCNC(=N)N)NC(C)=O)CSSC[C@@H](C(=O)N[C@@H](CCCNC(=N)N)C(=O)N[C@@H](CCCNC(=N)N)C(N)=O)NC(=O)[C@H](C(C)C)NC(=O)[C@@H]2CCCN2C(=O)[C@H](CC(=O)O)NC(=O)[C@H](Cc2ccc(O)cc2)NC(=O)[C@H](CO)NC1=O. The minimum Gasteiger partial charge on any atom is -0.508 e. The van der Waals surface area contributed by atoms with Crippen LogP contribution in [0.1, 0.15) is 146 Å². The number of aliphatic carboxylic acids is 1. The van der Waals surface area contributed by atoms with E-state index in [2.05, 4.69) is 90.4 Å². The van der Waals surface area contributed by atoms with Gasteiger partial charge in [-0.3, -0.25) is 103 Å². The number of nitrogens with zero attached hydrogens (tertiary/aromatic N) is 2. The number of fused-ring (bicyclic) bond motifs is 2. The molecule has 149 heavy (non-hydrogen) atoms. The number of aromatic hydroxyl groups is 1. The molecule has 5 aromatic carbocycles. The Labute approximate surface area is 870 Å². The lowest BCUT2D eigenvalue weighted by Crippen LogP contribution is -2.62. The maximum atomic E-state index is 16.6. The van der Waals surface area contributed by atoms with Crippen LogP contribution >= 0.6 is 21.6 Å². The van der Waals surface area contributed by atoms with E-state index in [9.17, 15) is 44.1 Å². The van der Waals surface area contributed by atoms with Crippen LogP contribution in [0.2, 0.25) is 0 Å². The summed E-state index contributed by atoms with van der Waals surface area (Å²) in [5.74, 6) is -23.6. The van der Waals surface area contributed by atoms with Crippen molar-refractivity contribution >= 4 is 146 Å². The fourth-order valence-electron chi connectivity index (χ4n) is 17.2. The molecular formula is C99H140N28O20S2. The van der Waals surface area contributed by atoms with Crippen molar-refractivity contribution < 1.29 is 96.8 Å². The maximum absolute atomic E-state index is 16.6. The molecule has 0 unspecified atom stereocenters. The summed E-state index contributed by atoms with van der Waals surface area (Å²) >= 11 is 0. The Morgan fingerprint density at radius 2 is 0.879 bits per heavy atom. The number of aliphatic hydroxyl groups excluding tert-OH is 1. The third kappa shape index (κ3) is 38.4. The van der Waals surface area contributed by atoms with Gasteiger partial charge in [0.25, 0.3) is 0 Å². The minimum atomic E-state index is -2.03. The molecule has 0 aliphatic carbocycles. The molecule has 3 aliphatic heterocycles. The topological polar surface area (TPSA) is 787 Å². The summed E-state index contributed by atoms with van der Waals surface area (Å²) < 4.78 is 0. The molecule has 48 nitrogen and oxygen atoms in total. The number of carbonyl (C=O) groups excluding carboxylic acids is 16. The van der Waals surface area contributed by atoms with E-state index in [0.29, 0.717) is 16.7 Å². The predicted octanol–water partition coefficient (Wildman–Crippen LogP) is -3.11. The van der Waals surface area contributed by atoms with E-state index in [-0.39, 0.29) is 146 Å². The van der Waals surface area contributed by atoms with Crippen LogP contribution in [-0.4, -0.2) is 297 Å². The summed E-state index contributed by atoms with van der Waals surface area (Å²) in [6.45, 7) is 5.81. The predicted molar refractivity (Wildman–Crippen MR) is 557 cm³/mol. The van der Waals surface area contributed by atoms with Crippen LogP contribution in [0.4, 0.5) is 0 Å². The average Bonchev–Trinajstić information content (AvgIpc) is 1.64. The maximum Gasteiger partial charge on any atom is 0.305 e. The summed E-state index contributed by atoms with van der Waals surface area (Å²) in [4.78, 5) is 257. The molecule has 3 fully saturated rings. The zero-order valence-electron chi connectivity index (χ0n) is 83.7. The van der Waals surface area contributed by atoms with Gasteiger partial charge in [-0.2, -0.15) is 0 Å². The van der Waals surface area contributed by atoms with E-state index in [0.717, 1.165) is 44.5 Å². The molecule has 808 valence electrons. The van der Waals surface area contributed by atoms with E-state index in [1.807, 2.05) is 30.3 Å². The van der Waals surface area contributed by atoms with Crippen molar-refractivity contribution in [1.82, 2.24) is 100 Å². The normalized spacial score (nSPS) is 21.7. The molecule has 3 heterocycles. The van der Waals surface area contributed by atoms with Crippen LogP contribution in [0.15, 0.2) is 140 Å². The lowest BCUT2D eigenvalue weighted by atomic mass is 9.90. The van der Waals surface area contributed by atoms with Crippen LogP contribution in [0.5, 0.6) is 5.75 Å². The van der Waals surface area contributed by atoms with Gasteiger partial charge in [-0.05, 0) is 128 Å². The van der Waals surface area contributed by atoms with Gasteiger partial charge in [0.15, 0.2) is 23.8 Å². The van der Waals surface area contributed by atoms with Crippen LogP contribution in [0, 0.1) is 33.5 Å². The van der Waals surface area contributed by atoms with Crippen molar-refractivity contribution in [2.75, 3.05) is 57.4 Å². The van der Waals surface area contributed by atoms with E-state index < -0.39 is 258 Å². The number of nitrogens with one attached hydrogen (secondary N) is 21. The number of carboxylic acid groups (broad SMARTS) is 1. The van der Waals surface area contributed by atoms with Crippen molar-refractivity contribution in [3.8, 4) is 16.9 Å². The minimum absolute atomic E-state index is 0.00437. The third-order valence-electron chi connectivity index (χ3n) is 25.3. The molecular weight excluding hydrogens is 1970 g/mol. The second kappa shape index (κ2) is 60.0. The summed E-state index contributed by atoms with van der Waals surface area (Å²) in [6.07, 6.45) is -2.53. The molecule has 0 radical (unpaired) electrons. The molecule has 50 heteroatoms. The number of benzene rings is 5. The van der Waals surface area contributed by atoms with Gasteiger partial charge < -0.3 is 144 Å². The van der Waals surface area contributed by atoms with E-state index in [1.165, 1.54) is 43.0 Å².